The number of methoxy groups -OCH3 is 1. The average molecular weight is 358 g/mol. The minimum Gasteiger partial charge on any atom is -0.465 e. The summed E-state index contributed by atoms with van der Waals surface area (Å²) in [6.45, 7) is 0. The van der Waals surface area contributed by atoms with Crippen LogP contribution in [0.5, 0.6) is 0 Å². The molecule has 0 unspecified atom stereocenters. The van der Waals surface area contributed by atoms with Crippen molar-refractivity contribution in [2.24, 2.45) is 0 Å². The lowest BCUT2D eigenvalue weighted by Gasteiger charge is -2.11. The van der Waals surface area contributed by atoms with Gasteiger partial charge >= 0.3 is 5.97 Å². The van der Waals surface area contributed by atoms with Gasteiger partial charge in [0.15, 0.2) is 0 Å². The van der Waals surface area contributed by atoms with Crippen LogP contribution in [0, 0.1) is 0 Å². The van der Waals surface area contributed by atoms with Crippen molar-refractivity contribution in [3.05, 3.63) is 33.3 Å². The number of halogens is 4. The zero-order valence-electron chi connectivity index (χ0n) is 8.27. The molecule has 1 rings (SSSR count). The molecule has 0 aliphatic rings. The molecule has 0 radical (unpaired) electrons. The number of alkyl halides is 3. The third-order valence-corrected chi connectivity index (χ3v) is 3.04. The first kappa shape index (κ1) is 13.6. The average Bonchev–Trinajstić information content (AvgIpc) is 2.26. The van der Waals surface area contributed by atoms with Crippen molar-refractivity contribution in [2.75, 3.05) is 7.11 Å². The Morgan fingerprint density at radius 2 is 2.12 bits per heavy atom. The maximum absolute atomic E-state index is 12.7. The predicted molar refractivity (Wildman–Crippen MR) is 63.1 cm³/mol. The quantitative estimate of drug-likeness (QED) is 0.602. The van der Waals surface area contributed by atoms with Crippen molar-refractivity contribution < 1.29 is 18.3 Å². The summed E-state index contributed by atoms with van der Waals surface area (Å²) in [6.07, 6.45) is -2.63. The summed E-state index contributed by atoms with van der Waals surface area (Å²) < 4.78 is 30.5. The molecule has 0 saturated heterocycles. The fraction of sp³-hybridized carbons (Fsp3) is 0.300. The molecule has 0 saturated carbocycles. The molecule has 88 valence electrons. The first-order chi connectivity index (χ1) is 7.51. The van der Waals surface area contributed by atoms with Crippen LogP contribution in [0.1, 0.15) is 27.9 Å². The van der Waals surface area contributed by atoms with Gasteiger partial charge < -0.3 is 4.74 Å². The van der Waals surface area contributed by atoms with Crippen LogP contribution in [0.3, 0.4) is 0 Å². The second kappa shape index (κ2) is 5.72. The molecule has 0 amide bonds. The van der Waals surface area contributed by atoms with Crippen LogP contribution in [-0.2, 0) is 10.1 Å². The van der Waals surface area contributed by atoms with Gasteiger partial charge in [-0.2, -0.15) is 0 Å². The van der Waals surface area contributed by atoms with Crippen molar-refractivity contribution in [3.63, 3.8) is 0 Å². The molecule has 0 atom stereocenters. The molecule has 0 aliphatic carbocycles. The largest absolute Gasteiger partial charge is 0.465 e. The van der Waals surface area contributed by atoms with Crippen LogP contribution >= 0.6 is 31.9 Å². The molecule has 1 aromatic rings. The van der Waals surface area contributed by atoms with Crippen molar-refractivity contribution in [2.45, 2.75) is 11.8 Å². The van der Waals surface area contributed by atoms with Crippen LogP contribution in [-0.4, -0.2) is 13.1 Å². The SMILES string of the molecule is COC(=O)c1cc(Br)cc(C(F)F)c1CBr. The topological polar surface area (TPSA) is 26.3 Å². The Balaban J connectivity index is 3.41. The lowest BCUT2D eigenvalue weighted by molar-refractivity contribution is 0.0599. The Bertz CT molecular complexity index is 408. The van der Waals surface area contributed by atoms with Crippen LogP contribution in [0.2, 0.25) is 0 Å². The molecule has 0 heterocycles. The summed E-state index contributed by atoms with van der Waals surface area (Å²) in [4.78, 5) is 11.4. The van der Waals surface area contributed by atoms with Crippen molar-refractivity contribution in [1.29, 1.82) is 0 Å². The molecule has 0 fully saturated rings. The van der Waals surface area contributed by atoms with Gasteiger partial charge in [-0.1, -0.05) is 31.9 Å². The highest BCUT2D eigenvalue weighted by molar-refractivity contribution is 9.10. The van der Waals surface area contributed by atoms with Crippen molar-refractivity contribution in [1.82, 2.24) is 0 Å². The molecular weight excluding hydrogens is 350 g/mol. The Morgan fingerprint density at radius 3 is 2.56 bits per heavy atom. The lowest BCUT2D eigenvalue weighted by Crippen LogP contribution is -2.08. The van der Waals surface area contributed by atoms with Gasteiger partial charge in [-0.3, -0.25) is 0 Å². The molecule has 0 bridgehead atoms. The normalized spacial score (nSPS) is 10.6. The molecule has 1 aromatic carbocycles. The number of hydrogen-bond donors (Lipinski definition) is 0. The molecule has 0 spiro atoms. The molecule has 6 heteroatoms. The van der Waals surface area contributed by atoms with Gasteiger partial charge in [0.2, 0.25) is 0 Å². The number of rotatable bonds is 3. The second-order valence-electron chi connectivity index (χ2n) is 2.95. The second-order valence-corrected chi connectivity index (χ2v) is 4.42. The van der Waals surface area contributed by atoms with E-state index in [1.54, 1.807) is 0 Å². The van der Waals surface area contributed by atoms with Gasteiger partial charge in [-0.15, -0.1) is 0 Å². The highest BCUT2D eigenvalue weighted by Gasteiger charge is 2.20. The lowest BCUT2D eigenvalue weighted by atomic mass is 10.0. The minimum absolute atomic E-state index is 0.143. The number of esters is 1. The van der Waals surface area contributed by atoms with Gasteiger partial charge in [0.05, 0.1) is 12.7 Å². The third-order valence-electron chi connectivity index (χ3n) is 2.02. The Kier molecular flexibility index (Phi) is 4.86. The maximum atomic E-state index is 12.7. The highest BCUT2D eigenvalue weighted by atomic mass is 79.9. The van der Waals surface area contributed by atoms with E-state index < -0.39 is 12.4 Å². The van der Waals surface area contributed by atoms with Crippen molar-refractivity contribution in [3.8, 4) is 0 Å². The van der Waals surface area contributed by atoms with E-state index in [0.29, 0.717) is 4.47 Å². The van der Waals surface area contributed by atoms with Crippen LogP contribution in [0.15, 0.2) is 16.6 Å². The van der Waals surface area contributed by atoms with Gasteiger partial charge in [0.25, 0.3) is 6.43 Å². The van der Waals surface area contributed by atoms with Gasteiger partial charge in [-0.25, -0.2) is 13.6 Å². The highest BCUT2D eigenvalue weighted by Crippen LogP contribution is 2.31. The van der Waals surface area contributed by atoms with Crippen LogP contribution in [0.4, 0.5) is 8.78 Å². The van der Waals surface area contributed by atoms with E-state index >= 15 is 0 Å². The summed E-state index contributed by atoms with van der Waals surface area (Å²) in [5, 5.41) is 0.171. The smallest absolute Gasteiger partial charge is 0.338 e. The number of carbonyl (C=O) groups excluding carboxylic acids is 1. The van der Waals surface area contributed by atoms with Crippen LogP contribution < -0.4 is 0 Å². The summed E-state index contributed by atoms with van der Waals surface area (Å²) >= 11 is 6.18. The van der Waals surface area contributed by atoms with E-state index in [0.717, 1.165) is 0 Å². The molecular formula is C10H8Br2F2O2. The molecule has 0 N–H and O–H groups in total. The predicted octanol–water partition coefficient (Wildman–Crippen LogP) is 4.07. The van der Waals surface area contributed by atoms with E-state index in [2.05, 4.69) is 36.6 Å². The van der Waals surface area contributed by atoms with Gasteiger partial charge in [-0.05, 0) is 17.7 Å². The summed E-state index contributed by atoms with van der Waals surface area (Å²) in [6, 6.07) is 2.77. The number of benzene rings is 1. The maximum Gasteiger partial charge on any atom is 0.338 e. The van der Waals surface area contributed by atoms with E-state index in [1.165, 1.54) is 19.2 Å². The number of carbonyl (C=O) groups is 1. The zero-order chi connectivity index (χ0) is 12.3. The first-order valence-corrected chi connectivity index (χ1v) is 6.17. The van der Waals surface area contributed by atoms with Crippen molar-refractivity contribution >= 4 is 37.8 Å². The Hall–Kier alpha value is -0.490. The monoisotopic (exact) mass is 356 g/mol. The molecule has 16 heavy (non-hydrogen) atoms. The van der Waals surface area contributed by atoms with Gasteiger partial charge in [0.1, 0.15) is 0 Å². The summed E-state index contributed by atoms with van der Waals surface area (Å²) in [5.41, 5.74) is 0.223. The van der Waals surface area contributed by atoms with E-state index in [-0.39, 0.29) is 22.0 Å². The first-order valence-electron chi connectivity index (χ1n) is 4.26. The summed E-state index contributed by atoms with van der Waals surface area (Å²) in [7, 11) is 1.21. The summed E-state index contributed by atoms with van der Waals surface area (Å²) in [5.74, 6) is -0.627. The number of ether oxygens (including phenoxy) is 1. The van der Waals surface area contributed by atoms with E-state index in [4.69, 9.17) is 0 Å². The molecule has 0 aliphatic heterocycles. The standard InChI is InChI=1S/C10H8Br2F2O2/c1-16-10(15)7-3-5(12)2-6(9(13)14)8(7)4-11/h2-3,9H,4H2,1H3. The Morgan fingerprint density at radius 1 is 1.50 bits per heavy atom. The van der Waals surface area contributed by atoms with Gasteiger partial charge in [0, 0.05) is 15.4 Å². The zero-order valence-corrected chi connectivity index (χ0v) is 11.4. The fourth-order valence-corrected chi connectivity index (χ4v) is 2.40. The van der Waals surface area contributed by atoms with Crippen LogP contribution in [0.25, 0.3) is 0 Å². The van der Waals surface area contributed by atoms with E-state index in [9.17, 15) is 13.6 Å². The van der Waals surface area contributed by atoms with E-state index in [1.807, 2.05) is 0 Å². The number of hydrogen-bond acceptors (Lipinski definition) is 2. The minimum atomic E-state index is -2.63. The fourth-order valence-electron chi connectivity index (χ4n) is 1.29. The third kappa shape index (κ3) is 2.79. The molecule has 2 nitrogen and oxygen atoms in total. The molecule has 0 aromatic heterocycles. The Labute approximate surface area is 108 Å².